The van der Waals surface area contributed by atoms with Crippen molar-refractivity contribution in [3.63, 3.8) is 0 Å². The summed E-state index contributed by atoms with van der Waals surface area (Å²) in [6.07, 6.45) is 0.894. The van der Waals surface area contributed by atoms with Gasteiger partial charge in [0, 0.05) is 4.47 Å². The normalized spacial score (nSPS) is 10.4. The number of hydrogen-bond donors (Lipinski definition) is 0. The molecule has 18 heavy (non-hydrogen) atoms. The fourth-order valence-electron chi connectivity index (χ4n) is 1.35. The van der Waals surface area contributed by atoms with Crippen molar-refractivity contribution in [1.29, 1.82) is 0 Å². The Morgan fingerprint density at radius 3 is 2.56 bits per heavy atom. The SMILES string of the molecule is O=C(c1ccc(F)cn1)c1ccc(Br)c(Cl)c1F. The second kappa shape index (κ2) is 5.12. The van der Waals surface area contributed by atoms with Crippen LogP contribution in [0.3, 0.4) is 0 Å². The van der Waals surface area contributed by atoms with E-state index in [1.165, 1.54) is 18.2 Å². The second-order valence-corrected chi connectivity index (χ2v) is 4.65. The minimum absolute atomic E-state index is 0.0475. The molecule has 0 saturated carbocycles. The van der Waals surface area contributed by atoms with Crippen molar-refractivity contribution in [1.82, 2.24) is 4.98 Å². The largest absolute Gasteiger partial charge is 0.287 e. The van der Waals surface area contributed by atoms with Crippen LogP contribution in [0.15, 0.2) is 34.9 Å². The van der Waals surface area contributed by atoms with Crippen LogP contribution in [0.2, 0.25) is 5.02 Å². The average Bonchev–Trinajstić information content (AvgIpc) is 2.36. The zero-order valence-corrected chi connectivity index (χ0v) is 11.1. The topological polar surface area (TPSA) is 30.0 Å². The number of halogens is 4. The van der Waals surface area contributed by atoms with Gasteiger partial charge < -0.3 is 0 Å². The van der Waals surface area contributed by atoms with Crippen LogP contribution in [0.4, 0.5) is 8.78 Å². The first kappa shape index (κ1) is 13.1. The van der Waals surface area contributed by atoms with Crippen LogP contribution in [0.25, 0.3) is 0 Å². The van der Waals surface area contributed by atoms with Gasteiger partial charge in [-0.2, -0.15) is 0 Å². The Morgan fingerprint density at radius 1 is 1.22 bits per heavy atom. The maximum atomic E-state index is 13.8. The number of nitrogens with zero attached hydrogens (tertiary/aromatic N) is 1. The quantitative estimate of drug-likeness (QED) is 0.614. The third-order valence-corrected chi connectivity index (χ3v) is 3.50. The number of carbonyl (C=O) groups is 1. The van der Waals surface area contributed by atoms with Crippen LogP contribution in [-0.4, -0.2) is 10.8 Å². The molecule has 92 valence electrons. The maximum absolute atomic E-state index is 13.8. The molecule has 0 radical (unpaired) electrons. The first-order chi connectivity index (χ1) is 8.50. The highest BCUT2D eigenvalue weighted by molar-refractivity contribution is 9.10. The molecule has 1 aromatic heterocycles. The predicted molar refractivity (Wildman–Crippen MR) is 66.7 cm³/mol. The summed E-state index contributed by atoms with van der Waals surface area (Å²) in [5.74, 6) is -2.05. The van der Waals surface area contributed by atoms with Gasteiger partial charge in [0.05, 0.1) is 16.8 Å². The molecule has 0 saturated heterocycles. The van der Waals surface area contributed by atoms with Gasteiger partial charge in [-0.25, -0.2) is 13.8 Å². The van der Waals surface area contributed by atoms with E-state index in [-0.39, 0.29) is 16.3 Å². The Labute approximate surface area is 115 Å². The zero-order valence-electron chi connectivity index (χ0n) is 8.75. The minimum Gasteiger partial charge on any atom is -0.287 e. The summed E-state index contributed by atoms with van der Waals surface area (Å²) < 4.78 is 26.8. The lowest BCUT2D eigenvalue weighted by atomic mass is 10.1. The molecule has 2 nitrogen and oxygen atoms in total. The van der Waals surface area contributed by atoms with Crippen LogP contribution in [0.1, 0.15) is 16.1 Å². The summed E-state index contributed by atoms with van der Waals surface area (Å²) in [7, 11) is 0. The second-order valence-electron chi connectivity index (χ2n) is 3.41. The van der Waals surface area contributed by atoms with Crippen molar-refractivity contribution >= 4 is 33.3 Å². The number of hydrogen-bond acceptors (Lipinski definition) is 2. The maximum Gasteiger partial charge on any atom is 0.214 e. The van der Waals surface area contributed by atoms with Gasteiger partial charge in [0.1, 0.15) is 11.5 Å². The van der Waals surface area contributed by atoms with Gasteiger partial charge in [-0.1, -0.05) is 11.6 Å². The van der Waals surface area contributed by atoms with Gasteiger partial charge in [0.2, 0.25) is 5.78 Å². The molecular weight excluding hydrogens is 327 g/mol. The molecule has 0 amide bonds. The van der Waals surface area contributed by atoms with Gasteiger partial charge in [-0.05, 0) is 40.2 Å². The fourth-order valence-corrected chi connectivity index (χ4v) is 1.82. The molecule has 0 aliphatic carbocycles. The third-order valence-electron chi connectivity index (χ3n) is 2.24. The standard InChI is InChI=1S/C12H5BrClF2NO/c13-8-3-2-7(11(16)10(8)14)12(18)9-4-1-6(15)5-17-9/h1-5H. The summed E-state index contributed by atoms with van der Waals surface area (Å²) in [6.45, 7) is 0. The first-order valence-electron chi connectivity index (χ1n) is 4.80. The lowest BCUT2D eigenvalue weighted by molar-refractivity contribution is 0.103. The summed E-state index contributed by atoms with van der Waals surface area (Å²) in [6, 6.07) is 5.02. The van der Waals surface area contributed by atoms with E-state index < -0.39 is 17.4 Å². The molecule has 0 aliphatic heterocycles. The molecule has 6 heteroatoms. The highest BCUT2D eigenvalue weighted by Gasteiger charge is 2.18. The van der Waals surface area contributed by atoms with E-state index in [4.69, 9.17) is 11.6 Å². The van der Waals surface area contributed by atoms with Crippen molar-refractivity contribution in [2.75, 3.05) is 0 Å². The Balaban J connectivity index is 2.46. The van der Waals surface area contributed by atoms with Gasteiger partial charge in [-0.15, -0.1) is 0 Å². The lowest BCUT2D eigenvalue weighted by Gasteiger charge is -2.04. The number of ketones is 1. The van der Waals surface area contributed by atoms with E-state index in [1.54, 1.807) is 0 Å². The fraction of sp³-hybridized carbons (Fsp3) is 0. The molecule has 2 aromatic rings. The van der Waals surface area contributed by atoms with Crippen molar-refractivity contribution < 1.29 is 13.6 Å². The molecule has 1 heterocycles. The predicted octanol–water partition coefficient (Wildman–Crippen LogP) is 4.01. The monoisotopic (exact) mass is 331 g/mol. The summed E-state index contributed by atoms with van der Waals surface area (Å²) >= 11 is 8.73. The Kier molecular flexibility index (Phi) is 3.73. The highest BCUT2D eigenvalue weighted by Crippen LogP contribution is 2.28. The smallest absolute Gasteiger partial charge is 0.214 e. The number of aromatic nitrogens is 1. The Hall–Kier alpha value is -1.33. The highest BCUT2D eigenvalue weighted by atomic mass is 79.9. The first-order valence-corrected chi connectivity index (χ1v) is 5.97. The van der Waals surface area contributed by atoms with Crippen LogP contribution in [-0.2, 0) is 0 Å². The Morgan fingerprint density at radius 2 is 1.94 bits per heavy atom. The molecule has 2 rings (SSSR count). The molecular formula is C12H5BrClF2NO. The molecule has 0 bridgehead atoms. The average molecular weight is 333 g/mol. The molecule has 0 fully saturated rings. The van der Waals surface area contributed by atoms with Gasteiger partial charge in [-0.3, -0.25) is 4.79 Å². The molecule has 0 aliphatic rings. The molecule has 0 N–H and O–H groups in total. The van der Waals surface area contributed by atoms with Gasteiger partial charge >= 0.3 is 0 Å². The van der Waals surface area contributed by atoms with Crippen LogP contribution >= 0.6 is 27.5 Å². The van der Waals surface area contributed by atoms with E-state index in [9.17, 15) is 13.6 Å². The molecule has 0 spiro atoms. The van der Waals surface area contributed by atoms with E-state index >= 15 is 0 Å². The summed E-state index contributed by atoms with van der Waals surface area (Å²) in [4.78, 5) is 15.5. The van der Waals surface area contributed by atoms with Crippen LogP contribution < -0.4 is 0 Å². The summed E-state index contributed by atoms with van der Waals surface area (Å²) in [5, 5.41) is -0.178. The van der Waals surface area contributed by atoms with E-state index in [0.29, 0.717) is 4.47 Å². The van der Waals surface area contributed by atoms with E-state index in [0.717, 1.165) is 12.3 Å². The zero-order chi connectivity index (χ0) is 13.3. The van der Waals surface area contributed by atoms with Crippen molar-refractivity contribution in [3.8, 4) is 0 Å². The van der Waals surface area contributed by atoms with Gasteiger partial charge in [0.15, 0.2) is 5.82 Å². The van der Waals surface area contributed by atoms with E-state index in [1.807, 2.05) is 0 Å². The van der Waals surface area contributed by atoms with Crippen molar-refractivity contribution in [2.45, 2.75) is 0 Å². The van der Waals surface area contributed by atoms with Crippen LogP contribution in [0, 0.1) is 11.6 Å². The molecule has 0 unspecified atom stereocenters. The Bertz CT molecular complexity index is 616. The number of carbonyl (C=O) groups excluding carboxylic acids is 1. The lowest BCUT2D eigenvalue weighted by Crippen LogP contribution is -2.07. The number of rotatable bonds is 2. The van der Waals surface area contributed by atoms with Gasteiger partial charge in [0.25, 0.3) is 0 Å². The van der Waals surface area contributed by atoms with Crippen LogP contribution in [0.5, 0.6) is 0 Å². The number of benzene rings is 1. The number of pyridine rings is 1. The minimum atomic E-state index is -0.831. The van der Waals surface area contributed by atoms with Crippen molar-refractivity contribution in [2.24, 2.45) is 0 Å². The summed E-state index contributed by atoms with van der Waals surface area (Å²) in [5.41, 5.74) is -0.254. The molecule has 0 atom stereocenters. The third kappa shape index (κ3) is 2.42. The van der Waals surface area contributed by atoms with Crippen molar-refractivity contribution in [3.05, 3.63) is 62.8 Å². The molecule has 1 aromatic carbocycles. The van der Waals surface area contributed by atoms with E-state index in [2.05, 4.69) is 20.9 Å².